The molecular formula is C8H10N4O. The fourth-order valence-electron chi connectivity index (χ4n) is 1.30. The lowest BCUT2D eigenvalue weighted by atomic mass is 10.5. The predicted molar refractivity (Wildman–Crippen MR) is 48.5 cm³/mol. The average molecular weight is 178 g/mol. The summed E-state index contributed by atoms with van der Waals surface area (Å²) in [6.07, 6.45) is 5.06. The van der Waals surface area contributed by atoms with Gasteiger partial charge < -0.3 is 5.73 Å². The number of hydrogen-bond acceptors (Lipinski definition) is 3. The maximum atomic E-state index is 11.3. The SMILES string of the molecule is NCCn1ccc(=O)c2nccn21. The third-order valence-electron chi connectivity index (χ3n) is 1.88. The predicted octanol–water partition coefficient (Wildman–Crippen LogP) is -0.545. The lowest BCUT2D eigenvalue weighted by Gasteiger charge is -2.06. The maximum Gasteiger partial charge on any atom is 0.224 e. The highest BCUT2D eigenvalue weighted by Gasteiger charge is 2.00. The second kappa shape index (κ2) is 3.02. The molecular weight excluding hydrogens is 168 g/mol. The van der Waals surface area contributed by atoms with Crippen molar-refractivity contribution < 1.29 is 0 Å². The van der Waals surface area contributed by atoms with E-state index in [9.17, 15) is 4.79 Å². The van der Waals surface area contributed by atoms with Crippen LogP contribution in [0.3, 0.4) is 0 Å². The van der Waals surface area contributed by atoms with Crippen molar-refractivity contribution >= 4 is 5.65 Å². The molecule has 2 rings (SSSR count). The van der Waals surface area contributed by atoms with E-state index in [0.29, 0.717) is 18.7 Å². The van der Waals surface area contributed by atoms with Crippen molar-refractivity contribution in [3.63, 3.8) is 0 Å². The molecule has 2 aromatic heterocycles. The Kier molecular flexibility index (Phi) is 1.86. The van der Waals surface area contributed by atoms with E-state index in [1.54, 1.807) is 23.1 Å². The monoisotopic (exact) mass is 178 g/mol. The number of fused-ring (bicyclic) bond motifs is 1. The minimum Gasteiger partial charge on any atom is -0.329 e. The van der Waals surface area contributed by atoms with E-state index in [0.717, 1.165) is 0 Å². The van der Waals surface area contributed by atoms with Gasteiger partial charge in [-0.05, 0) is 0 Å². The molecule has 0 amide bonds. The van der Waals surface area contributed by atoms with E-state index >= 15 is 0 Å². The number of hydrogen-bond donors (Lipinski definition) is 1. The lowest BCUT2D eigenvalue weighted by molar-refractivity contribution is 0.574. The molecule has 0 radical (unpaired) electrons. The Hall–Kier alpha value is -1.62. The normalized spacial score (nSPS) is 10.8. The molecule has 13 heavy (non-hydrogen) atoms. The molecule has 0 saturated carbocycles. The topological polar surface area (TPSA) is 65.3 Å². The van der Waals surface area contributed by atoms with Crippen molar-refractivity contribution in [2.75, 3.05) is 6.54 Å². The summed E-state index contributed by atoms with van der Waals surface area (Å²) in [5, 5.41) is 0. The van der Waals surface area contributed by atoms with Crippen LogP contribution in [0, 0.1) is 0 Å². The van der Waals surface area contributed by atoms with Gasteiger partial charge >= 0.3 is 0 Å². The first kappa shape index (κ1) is 8.00. The second-order valence-corrected chi connectivity index (χ2v) is 2.73. The molecule has 0 aliphatic carbocycles. The number of aromatic nitrogens is 3. The number of nitrogens with zero attached hydrogens (tertiary/aromatic N) is 3. The van der Waals surface area contributed by atoms with E-state index in [1.165, 1.54) is 6.07 Å². The first-order valence-electron chi connectivity index (χ1n) is 4.06. The van der Waals surface area contributed by atoms with Crippen molar-refractivity contribution in [3.05, 3.63) is 34.9 Å². The van der Waals surface area contributed by atoms with Crippen LogP contribution in [0.1, 0.15) is 0 Å². The minimum atomic E-state index is -0.0710. The minimum absolute atomic E-state index is 0.0710. The second-order valence-electron chi connectivity index (χ2n) is 2.73. The van der Waals surface area contributed by atoms with E-state index < -0.39 is 0 Å². The molecule has 0 aliphatic heterocycles. The zero-order chi connectivity index (χ0) is 9.26. The smallest absolute Gasteiger partial charge is 0.224 e. The fraction of sp³-hybridized carbons (Fsp3) is 0.250. The summed E-state index contributed by atoms with van der Waals surface area (Å²) < 4.78 is 3.55. The van der Waals surface area contributed by atoms with Crippen LogP contribution in [-0.4, -0.2) is 20.7 Å². The van der Waals surface area contributed by atoms with Crippen molar-refractivity contribution in [1.29, 1.82) is 0 Å². The summed E-state index contributed by atoms with van der Waals surface area (Å²) >= 11 is 0. The standard InChI is InChI=1S/C8H10N4O/c9-2-5-11-4-1-7(13)8-10-3-6-12(8)11/h1,3-4,6H,2,5,9H2. The Morgan fingerprint density at radius 1 is 1.46 bits per heavy atom. The van der Waals surface area contributed by atoms with E-state index in [4.69, 9.17) is 5.73 Å². The Labute approximate surface area is 74.4 Å². The molecule has 68 valence electrons. The molecule has 0 spiro atoms. The summed E-state index contributed by atoms with van der Waals surface area (Å²) in [6.45, 7) is 1.21. The van der Waals surface area contributed by atoms with Gasteiger partial charge in [0.2, 0.25) is 5.43 Å². The largest absolute Gasteiger partial charge is 0.329 e. The van der Waals surface area contributed by atoms with Gasteiger partial charge in [-0.3, -0.25) is 9.48 Å². The van der Waals surface area contributed by atoms with Crippen LogP contribution in [0.25, 0.3) is 5.65 Å². The summed E-state index contributed by atoms with van der Waals surface area (Å²) in [7, 11) is 0. The van der Waals surface area contributed by atoms with Gasteiger partial charge in [0.1, 0.15) is 0 Å². The van der Waals surface area contributed by atoms with Gasteiger partial charge in [-0.15, -0.1) is 0 Å². The van der Waals surface area contributed by atoms with E-state index in [2.05, 4.69) is 4.98 Å². The van der Waals surface area contributed by atoms with Gasteiger partial charge in [0, 0.05) is 31.2 Å². The van der Waals surface area contributed by atoms with Crippen LogP contribution in [0.4, 0.5) is 0 Å². The van der Waals surface area contributed by atoms with E-state index in [1.807, 2.05) is 4.68 Å². The molecule has 5 heteroatoms. The van der Waals surface area contributed by atoms with Crippen LogP contribution in [0.15, 0.2) is 29.5 Å². The lowest BCUT2D eigenvalue weighted by Crippen LogP contribution is -2.19. The Balaban J connectivity index is 2.71. The molecule has 2 heterocycles. The zero-order valence-corrected chi connectivity index (χ0v) is 7.05. The van der Waals surface area contributed by atoms with Crippen LogP contribution >= 0.6 is 0 Å². The van der Waals surface area contributed by atoms with Gasteiger partial charge in [0.05, 0.1) is 6.54 Å². The van der Waals surface area contributed by atoms with E-state index in [-0.39, 0.29) is 5.43 Å². The molecule has 0 bridgehead atoms. The number of nitrogens with two attached hydrogens (primary N) is 1. The van der Waals surface area contributed by atoms with Crippen LogP contribution in [-0.2, 0) is 6.54 Å². The summed E-state index contributed by atoms with van der Waals surface area (Å²) in [5.41, 5.74) is 5.80. The quantitative estimate of drug-likeness (QED) is 0.671. The van der Waals surface area contributed by atoms with Crippen LogP contribution in [0.2, 0.25) is 0 Å². The molecule has 0 aromatic carbocycles. The Morgan fingerprint density at radius 2 is 2.31 bits per heavy atom. The average Bonchev–Trinajstić information content (AvgIpc) is 2.59. The zero-order valence-electron chi connectivity index (χ0n) is 7.05. The summed E-state index contributed by atoms with van der Waals surface area (Å²) in [6, 6.07) is 1.50. The van der Waals surface area contributed by atoms with Gasteiger partial charge in [0.15, 0.2) is 5.65 Å². The molecule has 0 atom stereocenters. The third kappa shape index (κ3) is 1.23. The number of rotatable bonds is 2. The molecule has 0 unspecified atom stereocenters. The Morgan fingerprint density at radius 3 is 3.08 bits per heavy atom. The Bertz CT molecular complexity index is 470. The van der Waals surface area contributed by atoms with Crippen LogP contribution < -0.4 is 11.2 Å². The molecule has 0 saturated heterocycles. The van der Waals surface area contributed by atoms with Crippen molar-refractivity contribution in [2.24, 2.45) is 5.73 Å². The van der Waals surface area contributed by atoms with Gasteiger partial charge in [-0.2, -0.15) is 0 Å². The molecule has 0 aliphatic rings. The van der Waals surface area contributed by atoms with Crippen LogP contribution in [0.5, 0.6) is 0 Å². The highest BCUT2D eigenvalue weighted by atomic mass is 16.1. The molecule has 0 fully saturated rings. The highest BCUT2D eigenvalue weighted by Crippen LogP contribution is 1.93. The van der Waals surface area contributed by atoms with Crippen molar-refractivity contribution in [2.45, 2.75) is 6.54 Å². The van der Waals surface area contributed by atoms with Crippen molar-refractivity contribution in [1.82, 2.24) is 14.2 Å². The third-order valence-corrected chi connectivity index (χ3v) is 1.88. The first-order valence-corrected chi connectivity index (χ1v) is 4.06. The molecule has 2 N–H and O–H groups in total. The number of imidazole rings is 1. The van der Waals surface area contributed by atoms with Crippen molar-refractivity contribution in [3.8, 4) is 0 Å². The van der Waals surface area contributed by atoms with Gasteiger partial charge in [0.25, 0.3) is 0 Å². The summed E-state index contributed by atoms with van der Waals surface area (Å²) in [4.78, 5) is 15.2. The van der Waals surface area contributed by atoms with Gasteiger partial charge in [-0.1, -0.05) is 0 Å². The highest BCUT2D eigenvalue weighted by molar-refractivity contribution is 5.35. The first-order chi connectivity index (χ1) is 6.33. The molecule has 2 aromatic rings. The fourth-order valence-corrected chi connectivity index (χ4v) is 1.30. The molecule has 5 nitrogen and oxygen atoms in total. The van der Waals surface area contributed by atoms with Gasteiger partial charge in [-0.25, -0.2) is 9.50 Å². The summed E-state index contributed by atoms with van der Waals surface area (Å²) in [5.74, 6) is 0. The maximum absolute atomic E-state index is 11.3.